The fourth-order valence-corrected chi connectivity index (χ4v) is 3.97. The molecule has 3 aromatic rings. The zero-order valence-corrected chi connectivity index (χ0v) is 17.8. The summed E-state index contributed by atoms with van der Waals surface area (Å²) in [6.07, 6.45) is 2.18. The molecule has 1 unspecified atom stereocenters. The molecule has 138 valence electrons. The molecule has 0 saturated heterocycles. The summed E-state index contributed by atoms with van der Waals surface area (Å²) >= 11 is 6.53. The standard InChI is InChI=1S/C21H18Br2N2O2/c1-13(8-14-6-7-16-4-2-3-5-17(16)9-14)21(27)25-24-12-15-10-18(22)20(26)19(23)11-15/h2-7,9-13,26H,8H2,1H3,(H,25,27)/b24-12+. The molecule has 0 aliphatic heterocycles. The molecule has 0 radical (unpaired) electrons. The largest absolute Gasteiger partial charge is 0.506 e. The minimum absolute atomic E-state index is 0.125. The Morgan fingerprint density at radius 2 is 1.78 bits per heavy atom. The van der Waals surface area contributed by atoms with Crippen LogP contribution in [-0.2, 0) is 11.2 Å². The molecule has 0 saturated carbocycles. The number of rotatable bonds is 5. The summed E-state index contributed by atoms with van der Waals surface area (Å²) < 4.78 is 1.10. The summed E-state index contributed by atoms with van der Waals surface area (Å²) in [4.78, 5) is 12.3. The number of carbonyl (C=O) groups excluding carboxylic acids is 1. The van der Waals surface area contributed by atoms with Crippen LogP contribution in [0.1, 0.15) is 18.1 Å². The van der Waals surface area contributed by atoms with E-state index in [1.807, 2.05) is 19.1 Å². The van der Waals surface area contributed by atoms with E-state index in [0.717, 1.165) is 11.1 Å². The lowest BCUT2D eigenvalue weighted by atomic mass is 9.98. The summed E-state index contributed by atoms with van der Waals surface area (Å²) in [7, 11) is 0. The van der Waals surface area contributed by atoms with Gasteiger partial charge in [0, 0.05) is 5.92 Å². The third-order valence-corrected chi connectivity index (χ3v) is 5.44. The van der Waals surface area contributed by atoms with Crippen molar-refractivity contribution in [1.82, 2.24) is 5.43 Å². The number of phenols is 1. The van der Waals surface area contributed by atoms with Gasteiger partial charge in [-0.1, -0.05) is 49.4 Å². The van der Waals surface area contributed by atoms with Crippen LogP contribution in [-0.4, -0.2) is 17.2 Å². The lowest BCUT2D eigenvalue weighted by Gasteiger charge is -2.10. The highest BCUT2D eigenvalue weighted by molar-refractivity contribution is 9.11. The van der Waals surface area contributed by atoms with Gasteiger partial charge >= 0.3 is 0 Å². The van der Waals surface area contributed by atoms with Gasteiger partial charge < -0.3 is 5.11 Å². The molecule has 1 atom stereocenters. The predicted molar refractivity (Wildman–Crippen MR) is 116 cm³/mol. The molecule has 1 amide bonds. The van der Waals surface area contributed by atoms with Crippen molar-refractivity contribution >= 4 is 54.8 Å². The Hall–Kier alpha value is -2.18. The Bertz CT molecular complexity index is 995. The first-order chi connectivity index (χ1) is 12.9. The van der Waals surface area contributed by atoms with Gasteiger partial charge in [0.05, 0.1) is 15.2 Å². The Kier molecular flexibility index (Phi) is 6.29. The smallest absolute Gasteiger partial charge is 0.243 e. The number of amides is 1. The van der Waals surface area contributed by atoms with Crippen LogP contribution < -0.4 is 5.43 Å². The van der Waals surface area contributed by atoms with E-state index in [4.69, 9.17) is 0 Å². The van der Waals surface area contributed by atoms with Crippen molar-refractivity contribution in [3.05, 3.63) is 74.7 Å². The molecule has 0 fully saturated rings. The molecule has 0 aliphatic carbocycles. The van der Waals surface area contributed by atoms with Crippen molar-refractivity contribution in [2.24, 2.45) is 11.0 Å². The van der Waals surface area contributed by atoms with E-state index < -0.39 is 0 Å². The lowest BCUT2D eigenvalue weighted by Crippen LogP contribution is -2.26. The Morgan fingerprint density at radius 1 is 1.11 bits per heavy atom. The number of phenolic OH excluding ortho intramolecular Hbond substituents is 1. The van der Waals surface area contributed by atoms with Gasteiger partial charge in [-0.05, 0) is 72.3 Å². The maximum Gasteiger partial charge on any atom is 0.243 e. The molecular formula is C21H18Br2N2O2. The Morgan fingerprint density at radius 3 is 2.48 bits per heavy atom. The van der Waals surface area contributed by atoms with Gasteiger partial charge in [0.2, 0.25) is 5.91 Å². The minimum Gasteiger partial charge on any atom is -0.506 e. The monoisotopic (exact) mass is 488 g/mol. The van der Waals surface area contributed by atoms with Crippen molar-refractivity contribution in [2.45, 2.75) is 13.3 Å². The predicted octanol–water partition coefficient (Wildman–Crippen LogP) is 5.40. The third-order valence-electron chi connectivity index (χ3n) is 4.23. The zero-order chi connectivity index (χ0) is 19.4. The van der Waals surface area contributed by atoms with Crippen LogP contribution in [0.5, 0.6) is 5.75 Å². The average molecular weight is 490 g/mol. The second-order valence-corrected chi connectivity index (χ2v) is 8.06. The Balaban J connectivity index is 1.61. The fraction of sp³-hybridized carbons (Fsp3) is 0.143. The van der Waals surface area contributed by atoms with E-state index in [9.17, 15) is 9.90 Å². The number of hydrogen-bond acceptors (Lipinski definition) is 3. The quantitative estimate of drug-likeness (QED) is 0.372. The molecule has 0 bridgehead atoms. The minimum atomic E-state index is -0.207. The van der Waals surface area contributed by atoms with E-state index in [2.05, 4.69) is 72.7 Å². The van der Waals surface area contributed by atoms with Gasteiger partial charge in [-0.15, -0.1) is 0 Å². The van der Waals surface area contributed by atoms with E-state index in [1.165, 1.54) is 17.0 Å². The number of carbonyl (C=O) groups is 1. The Labute approximate surface area is 174 Å². The van der Waals surface area contributed by atoms with Gasteiger partial charge in [-0.3, -0.25) is 4.79 Å². The van der Waals surface area contributed by atoms with Crippen LogP contribution in [0.15, 0.2) is 68.6 Å². The molecule has 3 rings (SSSR count). The molecule has 6 heteroatoms. The van der Waals surface area contributed by atoms with E-state index in [0.29, 0.717) is 15.4 Å². The van der Waals surface area contributed by atoms with Crippen LogP contribution in [0.2, 0.25) is 0 Å². The molecule has 0 spiro atoms. The number of fused-ring (bicyclic) bond motifs is 1. The molecule has 4 nitrogen and oxygen atoms in total. The SMILES string of the molecule is CC(Cc1ccc2ccccc2c1)C(=O)N/N=C/c1cc(Br)c(O)c(Br)c1. The average Bonchev–Trinajstić information content (AvgIpc) is 2.65. The summed E-state index contributed by atoms with van der Waals surface area (Å²) in [5.41, 5.74) is 4.44. The van der Waals surface area contributed by atoms with Crippen molar-refractivity contribution in [1.29, 1.82) is 0 Å². The van der Waals surface area contributed by atoms with Crippen molar-refractivity contribution in [3.8, 4) is 5.75 Å². The number of nitrogens with one attached hydrogen (secondary N) is 1. The van der Waals surface area contributed by atoms with Gasteiger partial charge in [-0.2, -0.15) is 5.10 Å². The maximum absolute atomic E-state index is 12.3. The highest BCUT2D eigenvalue weighted by Gasteiger charge is 2.13. The van der Waals surface area contributed by atoms with Crippen molar-refractivity contribution in [3.63, 3.8) is 0 Å². The van der Waals surface area contributed by atoms with Crippen molar-refractivity contribution < 1.29 is 9.90 Å². The normalized spacial score (nSPS) is 12.4. The molecule has 2 N–H and O–H groups in total. The molecular weight excluding hydrogens is 472 g/mol. The molecule has 0 aromatic heterocycles. The van der Waals surface area contributed by atoms with E-state index in [1.54, 1.807) is 12.1 Å². The summed E-state index contributed by atoms with van der Waals surface area (Å²) in [6, 6.07) is 17.9. The molecule has 0 aliphatic rings. The third kappa shape index (κ3) is 4.96. The first-order valence-corrected chi connectivity index (χ1v) is 10.0. The first-order valence-electron chi connectivity index (χ1n) is 8.42. The van der Waals surface area contributed by atoms with E-state index >= 15 is 0 Å². The number of nitrogens with zero attached hydrogens (tertiary/aromatic N) is 1. The lowest BCUT2D eigenvalue weighted by molar-refractivity contribution is -0.124. The number of halogens is 2. The maximum atomic E-state index is 12.3. The highest BCUT2D eigenvalue weighted by atomic mass is 79.9. The van der Waals surface area contributed by atoms with E-state index in [-0.39, 0.29) is 17.6 Å². The number of hydrazone groups is 1. The molecule has 0 heterocycles. The second-order valence-electron chi connectivity index (χ2n) is 6.35. The van der Waals surface area contributed by atoms with Crippen LogP contribution in [0.4, 0.5) is 0 Å². The van der Waals surface area contributed by atoms with Crippen LogP contribution in [0.25, 0.3) is 10.8 Å². The first kappa shape index (κ1) is 19.6. The van der Waals surface area contributed by atoms with Crippen LogP contribution in [0.3, 0.4) is 0 Å². The fourth-order valence-electron chi connectivity index (χ4n) is 2.75. The van der Waals surface area contributed by atoms with Crippen LogP contribution >= 0.6 is 31.9 Å². The number of aromatic hydroxyl groups is 1. The second kappa shape index (κ2) is 8.67. The molecule has 27 heavy (non-hydrogen) atoms. The topological polar surface area (TPSA) is 61.7 Å². The number of benzene rings is 3. The van der Waals surface area contributed by atoms with Gasteiger partial charge in [0.1, 0.15) is 5.75 Å². The van der Waals surface area contributed by atoms with Crippen LogP contribution in [0, 0.1) is 5.92 Å². The summed E-state index contributed by atoms with van der Waals surface area (Å²) in [6.45, 7) is 1.88. The summed E-state index contributed by atoms with van der Waals surface area (Å²) in [5.74, 6) is -0.224. The zero-order valence-electron chi connectivity index (χ0n) is 14.6. The van der Waals surface area contributed by atoms with Gasteiger partial charge in [0.25, 0.3) is 0 Å². The van der Waals surface area contributed by atoms with Gasteiger partial charge in [-0.25, -0.2) is 5.43 Å². The highest BCUT2D eigenvalue weighted by Crippen LogP contribution is 2.32. The van der Waals surface area contributed by atoms with Gasteiger partial charge in [0.15, 0.2) is 0 Å². The van der Waals surface area contributed by atoms with Crippen molar-refractivity contribution in [2.75, 3.05) is 0 Å². The molecule has 3 aromatic carbocycles. The summed E-state index contributed by atoms with van der Waals surface area (Å²) in [5, 5.41) is 16.1. The number of hydrogen-bond donors (Lipinski definition) is 2.